The second kappa shape index (κ2) is 7.76. The number of nitrogens with one attached hydrogen (secondary N) is 1. The predicted octanol–water partition coefficient (Wildman–Crippen LogP) is 0.751. The van der Waals surface area contributed by atoms with Crippen molar-refractivity contribution in [3.63, 3.8) is 0 Å². The van der Waals surface area contributed by atoms with Crippen LogP contribution >= 0.6 is 0 Å². The molecule has 0 spiro atoms. The molecule has 1 fully saturated rings. The summed E-state index contributed by atoms with van der Waals surface area (Å²) in [5, 5.41) is 56.6. The maximum absolute atomic E-state index is 13.5. The SMILES string of the molecule is CC1(C2(O)Cc3c(O)c4c(c(O)c3C(O)C2)C(=O)c2c(NCCO)cccc2C4=O)OCCO1. The van der Waals surface area contributed by atoms with E-state index in [1.165, 1.54) is 13.0 Å². The van der Waals surface area contributed by atoms with Gasteiger partial charge in [-0.3, -0.25) is 9.59 Å². The zero-order valence-electron chi connectivity index (χ0n) is 18.4. The van der Waals surface area contributed by atoms with Gasteiger partial charge in [-0.25, -0.2) is 0 Å². The van der Waals surface area contributed by atoms with Crippen molar-refractivity contribution in [2.75, 3.05) is 31.7 Å². The maximum atomic E-state index is 13.5. The molecular weight excluding hydrogens is 446 g/mol. The van der Waals surface area contributed by atoms with Crippen LogP contribution in [0, 0.1) is 0 Å². The van der Waals surface area contributed by atoms with E-state index in [0.29, 0.717) is 5.69 Å². The quantitative estimate of drug-likeness (QED) is 0.299. The van der Waals surface area contributed by atoms with Gasteiger partial charge in [0.1, 0.15) is 17.1 Å². The van der Waals surface area contributed by atoms with Crippen LogP contribution in [0.3, 0.4) is 0 Å². The van der Waals surface area contributed by atoms with Crippen molar-refractivity contribution in [2.45, 2.75) is 37.3 Å². The average molecular weight is 471 g/mol. The lowest BCUT2D eigenvalue weighted by Gasteiger charge is -2.45. The zero-order chi connectivity index (χ0) is 24.4. The van der Waals surface area contributed by atoms with Crippen LogP contribution in [0.5, 0.6) is 11.5 Å². The Balaban J connectivity index is 1.69. The highest BCUT2D eigenvalue weighted by atomic mass is 16.7. The molecule has 1 saturated heterocycles. The molecule has 34 heavy (non-hydrogen) atoms. The number of carbonyl (C=O) groups is 2. The number of aliphatic hydroxyl groups is 3. The van der Waals surface area contributed by atoms with Crippen molar-refractivity contribution in [1.29, 1.82) is 0 Å². The van der Waals surface area contributed by atoms with Gasteiger partial charge >= 0.3 is 0 Å². The Labute approximate surface area is 194 Å². The molecule has 2 aromatic carbocycles. The van der Waals surface area contributed by atoms with Gasteiger partial charge in [0.2, 0.25) is 0 Å². The third-order valence-corrected chi connectivity index (χ3v) is 7.02. The molecule has 0 aromatic heterocycles. The third kappa shape index (κ3) is 3.00. The Morgan fingerprint density at radius 2 is 1.74 bits per heavy atom. The number of carbonyl (C=O) groups excluding carboxylic acids is 2. The van der Waals surface area contributed by atoms with Crippen LogP contribution in [0.25, 0.3) is 0 Å². The Bertz CT molecular complexity index is 1220. The second-order valence-electron chi connectivity index (χ2n) is 8.95. The molecule has 5 rings (SSSR count). The number of benzene rings is 2. The van der Waals surface area contributed by atoms with Crippen LogP contribution in [-0.2, 0) is 15.9 Å². The summed E-state index contributed by atoms with van der Waals surface area (Å²) in [7, 11) is 0. The molecule has 1 aliphatic heterocycles. The molecule has 180 valence electrons. The maximum Gasteiger partial charge on any atom is 0.200 e. The second-order valence-corrected chi connectivity index (χ2v) is 8.95. The molecule has 0 radical (unpaired) electrons. The highest BCUT2D eigenvalue weighted by Gasteiger charge is 2.56. The lowest BCUT2D eigenvalue weighted by Crippen LogP contribution is -2.57. The molecule has 3 aliphatic rings. The normalized spacial score (nSPS) is 25.0. The molecule has 0 amide bonds. The summed E-state index contributed by atoms with van der Waals surface area (Å²) < 4.78 is 11.2. The van der Waals surface area contributed by atoms with Gasteiger partial charge in [0.15, 0.2) is 17.4 Å². The van der Waals surface area contributed by atoms with Crippen molar-refractivity contribution in [3.05, 3.63) is 51.6 Å². The Morgan fingerprint density at radius 1 is 1.06 bits per heavy atom. The van der Waals surface area contributed by atoms with Crippen LogP contribution in [0.15, 0.2) is 18.2 Å². The first-order valence-electron chi connectivity index (χ1n) is 11.0. The molecule has 2 aromatic rings. The average Bonchev–Trinajstić information content (AvgIpc) is 3.26. The number of fused-ring (bicyclic) bond motifs is 3. The summed E-state index contributed by atoms with van der Waals surface area (Å²) in [5.41, 5.74) is -2.40. The first-order chi connectivity index (χ1) is 16.1. The predicted molar refractivity (Wildman–Crippen MR) is 117 cm³/mol. The Hall–Kier alpha value is -3.02. The number of anilines is 1. The van der Waals surface area contributed by atoms with Crippen LogP contribution in [-0.4, -0.2) is 74.9 Å². The molecule has 10 nitrogen and oxygen atoms in total. The van der Waals surface area contributed by atoms with Gasteiger partial charge in [0.05, 0.1) is 42.6 Å². The summed E-state index contributed by atoms with van der Waals surface area (Å²) >= 11 is 0. The van der Waals surface area contributed by atoms with Crippen LogP contribution in [0.2, 0.25) is 0 Å². The van der Waals surface area contributed by atoms with Gasteiger partial charge in [-0.05, 0) is 13.0 Å². The topological polar surface area (TPSA) is 166 Å². The number of aliphatic hydroxyl groups excluding tert-OH is 2. The van der Waals surface area contributed by atoms with Crippen molar-refractivity contribution < 1.29 is 44.6 Å². The summed E-state index contributed by atoms with van der Waals surface area (Å²) in [4.78, 5) is 26.9. The van der Waals surface area contributed by atoms with E-state index in [2.05, 4.69) is 5.32 Å². The molecule has 2 atom stereocenters. The molecule has 0 bridgehead atoms. The van der Waals surface area contributed by atoms with E-state index in [9.17, 15) is 30.0 Å². The van der Waals surface area contributed by atoms with Gasteiger partial charge in [-0.15, -0.1) is 0 Å². The van der Waals surface area contributed by atoms with Crippen LogP contribution < -0.4 is 5.32 Å². The molecular formula is C24H25NO9. The molecule has 1 heterocycles. The Kier molecular flexibility index (Phi) is 5.19. The largest absolute Gasteiger partial charge is 0.507 e. The summed E-state index contributed by atoms with van der Waals surface area (Å²) in [6.45, 7) is 1.92. The van der Waals surface area contributed by atoms with Crippen LogP contribution in [0.1, 0.15) is 62.4 Å². The lowest BCUT2D eigenvalue weighted by atomic mass is 9.70. The van der Waals surface area contributed by atoms with E-state index < -0.39 is 46.1 Å². The smallest absolute Gasteiger partial charge is 0.200 e. The first-order valence-corrected chi connectivity index (χ1v) is 11.0. The number of aromatic hydroxyl groups is 2. The number of hydrogen-bond acceptors (Lipinski definition) is 10. The fraction of sp³-hybridized carbons (Fsp3) is 0.417. The summed E-state index contributed by atoms with van der Waals surface area (Å²) in [6.07, 6.45) is -2.04. The number of phenolic OH excluding ortho intramolecular Hbond substituents is 2. The van der Waals surface area contributed by atoms with Crippen molar-refractivity contribution in [3.8, 4) is 11.5 Å². The minimum absolute atomic E-state index is 0.00479. The molecule has 2 unspecified atom stereocenters. The molecule has 2 aliphatic carbocycles. The third-order valence-electron chi connectivity index (χ3n) is 7.02. The number of ether oxygens (including phenoxy) is 2. The summed E-state index contributed by atoms with van der Waals surface area (Å²) in [6, 6.07) is 4.56. The van der Waals surface area contributed by atoms with E-state index in [4.69, 9.17) is 14.6 Å². The van der Waals surface area contributed by atoms with Gasteiger partial charge in [0, 0.05) is 41.8 Å². The number of rotatable bonds is 4. The van der Waals surface area contributed by atoms with E-state index in [0.717, 1.165) is 0 Å². The van der Waals surface area contributed by atoms with Gasteiger partial charge in [-0.2, -0.15) is 0 Å². The van der Waals surface area contributed by atoms with Crippen LogP contribution in [0.4, 0.5) is 5.69 Å². The van der Waals surface area contributed by atoms with Crippen molar-refractivity contribution in [2.24, 2.45) is 0 Å². The van der Waals surface area contributed by atoms with E-state index >= 15 is 0 Å². The van der Waals surface area contributed by atoms with E-state index in [1.807, 2.05) is 0 Å². The molecule has 6 N–H and O–H groups in total. The first kappa shape index (κ1) is 22.8. The van der Waals surface area contributed by atoms with Gasteiger partial charge in [0.25, 0.3) is 0 Å². The zero-order valence-corrected chi connectivity index (χ0v) is 18.4. The van der Waals surface area contributed by atoms with Crippen molar-refractivity contribution in [1.82, 2.24) is 0 Å². The highest BCUT2D eigenvalue weighted by molar-refractivity contribution is 6.32. The number of phenols is 2. The lowest BCUT2D eigenvalue weighted by molar-refractivity contribution is -0.269. The highest BCUT2D eigenvalue weighted by Crippen LogP contribution is 2.53. The molecule has 0 saturated carbocycles. The minimum Gasteiger partial charge on any atom is -0.507 e. The fourth-order valence-corrected chi connectivity index (χ4v) is 5.27. The molecule has 10 heteroatoms. The standard InChI is InChI=1S/C24H25NO9/c1-23(33-7-8-34-23)24(32)9-12-16(14(27)10-24)22(31)18-17(20(12)29)19(28)11-3-2-4-13(25-5-6-26)15(11)21(18)30/h2-4,14,25-27,29,31-32H,5-10H2,1H3. The van der Waals surface area contributed by atoms with E-state index in [1.54, 1.807) is 12.1 Å². The van der Waals surface area contributed by atoms with E-state index in [-0.39, 0.29) is 67.0 Å². The number of hydrogen-bond donors (Lipinski definition) is 6. The number of ketones is 2. The summed E-state index contributed by atoms with van der Waals surface area (Å²) in [5.74, 6) is -4.06. The van der Waals surface area contributed by atoms with Gasteiger partial charge in [-0.1, -0.05) is 12.1 Å². The van der Waals surface area contributed by atoms with Gasteiger partial charge < -0.3 is 40.3 Å². The fourth-order valence-electron chi connectivity index (χ4n) is 5.27. The Morgan fingerprint density at radius 3 is 2.41 bits per heavy atom. The monoisotopic (exact) mass is 471 g/mol. The minimum atomic E-state index is -1.77. The van der Waals surface area contributed by atoms with Crippen molar-refractivity contribution >= 4 is 17.3 Å².